The van der Waals surface area contributed by atoms with Gasteiger partial charge in [0, 0.05) is 30.7 Å². The van der Waals surface area contributed by atoms with E-state index in [2.05, 4.69) is 26.6 Å². The monoisotopic (exact) mass is 713 g/mol. The molecule has 4 atom stereocenters. The summed E-state index contributed by atoms with van der Waals surface area (Å²) in [5, 5.41) is 29.0. The molecule has 0 bridgehead atoms. The number of primary amides is 1. The number of fused-ring (bicyclic) bond motifs is 1. The number of carboxylic acids is 2. The number of carbonyl (C=O) groups excluding carboxylic acids is 4. The van der Waals surface area contributed by atoms with Gasteiger partial charge >= 0.3 is 11.9 Å². The Labute approximate surface area is 302 Å². The summed E-state index contributed by atoms with van der Waals surface area (Å²) in [6.45, 7) is 2.68. The molecule has 1 unspecified atom stereocenters. The lowest BCUT2D eigenvalue weighted by molar-refractivity contribution is -0.143. The highest BCUT2D eigenvalue weighted by molar-refractivity contribution is 5.97. The normalized spacial score (nSPS) is 23.4. The fourth-order valence-electron chi connectivity index (χ4n) is 7.45. The van der Waals surface area contributed by atoms with Gasteiger partial charge in [0.1, 0.15) is 11.6 Å². The lowest BCUT2D eigenvalue weighted by Gasteiger charge is -2.39. The van der Waals surface area contributed by atoms with Gasteiger partial charge in [0.2, 0.25) is 23.6 Å². The summed E-state index contributed by atoms with van der Waals surface area (Å²) in [5.74, 6) is -6.95. The van der Waals surface area contributed by atoms with Gasteiger partial charge in [0.25, 0.3) is 0 Å². The van der Waals surface area contributed by atoms with E-state index in [1.165, 1.54) is 0 Å². The molecule has 1 saturated carbocycles. The van der Waals surface area contributed by atoms with Gasteiger partial charge in [-0.05, 0) is 66.8 Å². The number of aromatic nitrogens is 1. The number of aliphatic carboxylic acids is 2. The first-order chi connectivity index (χ1) is 24.8. The molecule has 2 aromatic carbocycles. The standard InChI is InChI=1S/C39H47N5O8/c1-24-8-13-32-28(18-24)14-17-44(32)23-26-6-5-7-29(27-11-9-25(10-12-27)19-34(46)47)30(20-35(48)49)36(50)43-39(15-3-2-4-16-39)38(52)42-31(21-33(40)45)37(51)41-22-26/h5,7-14,17-18,26,29-31H,2-4,6,15-16,19-23H2,1H3,(H2,40,45)(H,41,51)(H,42,52)(H,43,50)(H,46,47)(H,48,49)/b7-5+/t26?,29-,30+,31+/m1/s1. The Morgan fingerprint density at radius 3 is 2.33 bits per heavy atom. The quantitative estimate of drug-likeness (QED) is 0.181. The number of nitrogens with zero attached hydrogens (tertiary/aromatic N) is 1. The molecule has 13 heteroatoms. The van der Waals surface area contributed by atoms with Crippen LogP contribution in [0.2, 0.25) is 0 Å². The van der Waals surface area contributed by atoms with E-state index in [-0.39, 0.29) is 31.7 Å². The predicted molar refractivity (Wildman–Crippen MR) is 193 cm³/mol. The first-order valence-corrected chi connectivity index (χ1v) is 17.8. The van der Waals surface area contributed by atoms with Crippen molar-refractivity contribution < 1.29 is 39.0 Å². The maximum Gasteiger partial charge on any atom is 0.307 e. The number of nitrogens with two attached hydrogens (primary N) is 1. The Morgan fingerprint density at radius 2 is 1.65 bits per heavy atom. The molecule has 2 heterocycles. The molecular formula is C39H47N5O8. The molecule has 276 valence electrons. The molecule has 1 aliphatic carbocycles. The topological polar surface area (TPSA) is 210 Å². The zero-order valence-electron chi connectivity index (χ0n) is 29.3. The summed E-state index contributed by atoms with van der Waals surface area (Å²) in [7, 11) is 0. The summed E-state index contributed by atoms with van der Waals surface area (Å²) < 4.78 is 2.09. The van der Waals surface area contributed by atoms with Gasteiger partial charge in [0.05, 0.1) is 25.2 Å². The molecule has 4 amide bonds. The van der Waals surface area contributed by atoms with Crippen molar-refractivity contribution in [2.75, 3.05) is 6.54 Å². The van der Waals surface area contributed by atoms with Crippen LogP contribution in [0.3, 0.4) is 0 Å². The number of nitrogens with one attached hydrogen (secondary N) is 3. The van der Waals surface area contributed by atoms with Gasteiger partial charge in [-0.2, -0.15) is 0 Å². The van der Waals surface area contributed by atoms with E-state index in [0.717, 1.165) is 22.9 Å². The number of amides is 4. The summed E-state index contributed by atoms with van der Waals surface area (Å²) in [5.41, 5.74) is 7.35. The molecule has 0 saturated heterocycles. The number of carboxylic acid groups (broad SMARTS) is 2. The number of hydrogen-bond donors (Lipinski definition) is 6. The van der Waals surface area contributed by atoms with Gasteiger partial charge in [-0.15, -0.1) is 0 Å². The van der Waals surface area contributed by atoms with E-state index >= 15 is 0 Å². The third-order valence-corrected chi connectivity index (χ3v) is 10.2. The van der Waals surface area contributed by atoms with Crippen LogP contribution in [-0.4, -0.2) is 68.5 Å². The number of rotatable bonds is 9. The summed E-state index contributed by atoms with van der Waals surface area (Å²) in [6, 6.07) is 13.6. The summed E-state index contributed by atoms with van der Waals surface area (Å²) in [6.07, 6.45) is 7.42. The van der Waals surface area contributed by atoms with Gasteiger partial charge in [-0.3, -0.25) is 28.8 Å². The number of carbonyl (C=O) groups is 6. The molecule has 5 rings (SSSR count). The van der Waals surface area contributed by atoms with Crippen molar-refractivity contribution in [3.63, 3.8) is 0 Å². The molecule has 13 nitrogen and oxygen atoms in total. The van der Waals surface area contributed by atoms with Crippen LogP contribution in [0.4, 0.5) is 0 Å². The Bertz CT molecular complexity index is 1840. The second kappa shape index (κ2) is 16.7. The molecule has 2 aliphatic rings. The molecule has 7 N–H and O–H groups in total. The minimum absolute atomic E-state index is 0.176. The van der Waals surface area contributed by atoms with Crippen LogP contribution in [0, 0.1) is 18.8 Å². The SMILES string of the molecule is Cc1ccc2c(ccn2CC2C/C=C/[C@H](c3ccc(CC(=O)O)cc3)[C@H](CC(=O)O)C(=O)NC3(CCCCC3)C(=O)N[C@@H](CC(N)=O)C(=O)NC2)c1. The summed E-state index contributed by atoms with van der Waals surface area (Å²) in [4.78, 5) is 77.8. The molecule has 52 heavy (non-hydrogen) atoms. The lowest BCUT2D eigenvalue weighted by Crippen LogP contribution is -2.64. The molecule has 1 spiro atoms. The molecule has 3 aromatic rings. The van der Waals surface area contributed by atoms with Crippen LogP contribution in [0.1, 0.15) is 74.0 Å². The number of hydrogen-bond acceptors (Lipinski definition) is 6. The van der Waals surface area contributed by atoms with Crippen molar-refractivity contribution >= 4 is 46.5 Å². The lowest BCUT2D eigenvalue weighted by atomic mass is 9.78. The van der Waals surface area contributed by atoms with Crippen LogP contribution < -0.4 is 21.7 Å². The maximum absolute atomic E-state index is 14.3. The van der Waals surface area contributed by atoms with Crippen molar-refractivity contribution in [2.45, 2.75) is 88.8 Å². The smallest absolute Gasteiger partial charge is 0.307 e. The van der Waals surface area contributed by atoms with Crippen molar-refractivity contribution in [1.29, 1.82) is 0 Å². The molecule has 0 radical (unpaired) electrons. The van der Waals surface area contributed by atoms with Crippen molar-refractivity contribution in [3.8, 4) is 0 Å². The van der Waals surface area contributed by atoms with E-state index in [1.807, 2.05) is 37.4 Å². The third kappa shape index (κ3) is 9.45. The number of allylic oxidation sites excluding steroid dienone is 2. The first-order valence-electron chi connectivity index (χ1n) is 17.8. The number of aryl methyl sites for hydroxylation is 1. The minimum atomic E-state index is -1.45. The maximum atomic E-state index is 14.3. The first kappa shape index (κ1) is 37.8. The Kier molecular flexibility index (Phi) is 12.1. The van der Waals surface area contributed by atoms with Gasteiger partial charge < -0.3 is 36.5 Å². The van der Waals surface area contributed by atoms with Gasteiger partial charge in [-0.25, -0.2) is 0 Å². The second-order valence-corrected chi connectivity index (χ2v) is 14.2. The van der Waals surface area contributed by atoms with Crippen molar-refractivity contribution in [3.05, 3.63) is 83.6 Å². The molecule has 1 aromatic heterocycles. The van der Waals surface area contributed by atoms with E-state index in [4.69, 9.17) is 5.73 Å². The van der Waals surface area contributed by atoms with E-state index < -0.39 is 71.8 Å². The van der Waals surface area contributed by atoms with Crippen LogP contribution in [0.25, 0.3) is 10.9 Å². The Hall–Kier alpha value is -5.46. The summed E-state index contributed by atoms with van der Waals surface area (Å²) >= 11 is 0. The second-order valence-electron chi connectivity index (χ2n) is 14.2. The molecule has 1 fully saturated rings. The van der Waals surface area contributed by atoms with Crippen LogP contribution >= 0.6 is 0 Å². The van der Waals surface area contributed by atoms with E-state index in [9.17, 15) is 39.0 Å². The highest BCUT2D eigenvalue weighted by Crippen LogP contribution is 2.34. The Balaban J connectivity index is 1.57. The van der Waals surface area contributed by atoms with Gasteiger partial charge in [-0.1, -0.05) is 67.3 Å². The molecular weight excluding hydrogens is 666 g/mol. The number of benzene rings is 2. The van der Waals surface area contributed by atoms with Crippen LogP contribution in [0.5, 0.6) is 0 Å². The third-order valence-electron chi connectivity index (χ3n) is 10.2. The highest BCUT2D eigenvalue weighted by atomic mass is 16.4. The van der Waals surface area contributed by atoms with Crippen molar-refractivity contribution in [1.82, 2.24) is 20.5 Å². The molecule has 1 aliphatic heterocycles. The van der Waals surface area contributed by atoms with E-state index in [0.29, 0.717) is 36.9 Å². The average molecular weight is 714 g/mol. The zero-order chi connectivity index (χ0) is 37.4. The minimum Gasteiger partial charge on any atom is -0.481 e. The van der Waals surface area contributed by atoms with Crippen molar-refractivity contribution in [2.24, 2.45) is 17.6 Å². The zero-order valence-corrected chi connectivity index (χ0v) is 29.3. The largest absolute Gasteiger partial charge is 0.481 e. The fraction of sp³-hybridized carbons (Fsp3) is 0.436. The van der Waals surface area contributed by atoms with Crippen LogP contribution in [0.15, 0.2) is 66.9 Å². The highest BCUT2D eigenvalue weighted by Gasteiger charge is 2.44. The van der Waals surface area contributed by atoms with E-state index in [1.54, 1.807) is 30.3 Å². The average Bonchev–Trinajstić information content (AvgIpc) is 3.48. The Morgan fingerprint density at radius 1 is 0.923 bits per heavy atom. The predicted octanol–water partition coefficient (Wildman–Crippen LogP) is 3.32. The van der Waals surface area contributed by atoms with Crippen LogP contribution in [-0.2, 0) is 41.7 Å². The fourth-order valence-corrected chi connectivity index (χ4v) is 7.45. The van der Waals surface area contributed by atoms with Gasteiger partial charge in [0.15, 0.2) is 0 Å².